The zero-order valence-electron chi connectivity index (χ0n) is 12.4. The van der Waals surface area contributed by atoms with E-state index in [0.717, 1.165) is 32.2 Å². The Bertz CT molecular complexity index is 276. The van der Waals surface area contributed by atoms with Crippen molar-refractivity contribution in [1.29, 1.82) is 0 Å². The van der Waals surface area contributed by atoms with Gasteiger partial charge in [0.05, 0.1) is 5.54 Å². The zero-order valence-corrected chi connectivity index (χ0v) is 12.4. The Morgan fingerprint density at radius 3 is 1.94 bits per heavy atom. The lowest BCUT2D eigenvalue weighted by Crippen LogP contribution is -2.58. The molecule has 1 aliphatic rings. The molecular formula is C15H29NO. The van der Waals surface area contributed by atoms with Crippen molar-refractivity contribution in [1.82, 2.24) is 5.32 Å². The number of likely N-dealkylation sites (N-methyl/N-ethyl adjacent to an activating group) is 1. The average molecular weight is 239 g/mol. The molecule has 0 saturated heterocycles. The van der Waals surface area contributed by atoms with Gasteiger partial charge in [0.1, 0.15) is 0 Å². The van der Waals surface area contributed by atoms with Gasteiger partial charge in [-0.05, 0) is 37.6 Å². The molecular weight excluding hydrogens is 210 g/mol. The normalized spacial score (nSPS) is 23.4. The standard InChI is InChI=1S/C15H29NO/c1-7-16-15(12(17)13(2,3)4)10-8-14(5,6)9-11-15/h16H,7-11H2,1-6H3. The van der Waals surface area contributed by atoms with Crippen molar-refractivity contribution in [3.8, 4) is 0 Å². The highest BCUT2D eigenvalue weighted by atomic mass is 16.1. The molecule has 0 unspecified atom stereocenters. The van der Waals surface area contributed by atoms with E-state index in [9.17, 15) is 4.79 Å². The number of carbonyl (C=O) groups is 1. The number of rotatable bonds is 3. The lowest BCUT2D eigenvalue weighted by atomic mass is 9.64. The molecule has 17 heavy (non-hydrogen) atoms. The van der Waals surface area contributed by atoms with E-state index in [1.165, 1.54) is 0 Å². The maximum absolute atomic E-state index is 12.7. The van der Waals surface area contributed by atoms with Crippen molar-refractivity contribution < 1.29 is 4.79 Å². The van der Waals surface area contributed by atoms with Crippen molar-refractivity contribution in [2.24, 2.45) is 10.8 Å². The molecule has 0 aromatic carbocycles. The minimum absolute atomic E-state index is 0.246. The highest BCUT2D eigenvalue weighted by Gasteiger charge is 2.46. The van der Waals surface area contributed by atoms with Crippen molar-refractivity contribution in [3.63, 3.8) is 0 Å². The molecule has 1 fully saturated rings. The lowest BCUT2D eigenvalue weighted by Gasteiger charge is -2.45. The maximum atomic E-state index is 12.7. The molecule has 0 spiro atoms. The van der Waals surface area contributed by atoms with E-state index in [2.05, 4.69) is 26.1 Å². The fraction of sp³-hybridized carbons (Fsp3) is 0.933. The van der Waals surface area contributed by atoms with Crippen LogP contribution in [0.2, 0.25) is 0 Å². The predicted molar refractivity (Wildman–Crippen MR) is 73.1 cm³/mol. The van der Waals surface area contributed by atoms with Crippen molar-refractivity contribution >= 4 is 5.78 Å². The molecule has 0 atom stereocenters. The predicted octanol–water partition coefficient (Wildman–Crippen LogP) is 3.55. The van der Waals surface area contributed by atoms with Gasteiger partial charge in [0.15, 0.2) is 5.78 Å². The number of ketones is 1. The molecule has 2 nitrogen and oxygen atoms in total. The van der Waals surface area contributed by atoms with Crippen LogP contribution in [0.15, 0.2) is 0 Å². The second-order valence-electron chi connectivity index (χ2n) is 7.36. The van der Waals surface area contributed by atoms with E-state index in [0.29, 0.717) is 11.2 Å². The highest BCUT2D eigenvalue weighted by molar-refractivity contribution is 5.92. The highest BCUT2D eigenvalue weighted by Crippen LogP contribution is 2.42. The molecule has 0 radical (unpaired) electrons. The number of hydrogen-bond donors (Lipinski definition) is 1. The van der Waals surface area contributed by atoms with Crippen molar-refractivity contribution in [2.75, 3.05) is 6.54 Å². The van der Waals surface area contributed by atoms with Crippen LogP contribution in [0.4, 0.5) is 0 Å². The summed E-state index contributed by atoms with van der Waals surface area (Å²) >= 11 is 0. The Morgan fingerprint density at radius 2 is 1.59 bits per heavy atom. The van der Waals surface area contributed by atoms with E-state index in [1.54, 1.807) is 0 Å². The summed E-state index contributed by atoms with van der Waals surface area (Å²) in [6.07, 6.45) is 4.26. The van der Waals surface area contributed by atoms with Gasteiger partial charge in [0.25, 0.3) is 0 Å². The zero-order chi connectivity index (χ0) is 13.3. The second-order valence-corrected chi connectivity index (χ2v) is 7.36. The monoisotopic (exact) mass is 239 g/mol. The van der Waals surface area contributed by atoms with Gasteiger partial charge in [-0.1, -0.05) is 41.5 Å². The van der Waals surface area contributed by atoms with Crippen LogP contribution in [0.1, 0.15) is 67.2 Å². The van der Waals surface area contributed by atoms with Crippen molar-refractivity contribution in [2.45, 2.75) is 72.8 Å². The van der Waals surface area contributed by atoms with Crippen LogP contribution in [0, 0.1) is 10.8 Å². The molecule has 2 heteroatoms. The molecule has 1 N–H and O–H groups in total. The molecule has 0 aromatic rings. The summed E-state index contributed by atoms with van der Waals surface area (Å²) in [5.41, 5.74) is -0.108. The molecule has 1 aliphatic carbocycles. The van der Waals surface area contributed by atoms with Crippen LogP contribution in [-0.2, 0) is 4.79 Å². The Kier molecular flexibility index (Phi) is 4.08. The molecule has 1 rings (SSSR count). The minimum Gasteiger partial charge on any atom is -0.305 e. The van der Waals surface area contributed by atoms with Crippen LogP contribution in [0.5, 0.6) is 0 Å². The molecule has 0 heterocycles. The topological polar surface area (TPSA) is 29.1 Å². The fourth-order valence-corrected chi connectivity index (χ4v) is 2.89. The van der Waals surface area contributed by atoms with Crippen LogP contribution in [-0.4, -0.2) is 17.9 Å². The van der Waals surface area contributed by atoms with E-state index in [-0.39, 0.29) is 11.0 Å². The van der Waals surface area contributed by atoms with E-state index >= 15 is 0 Å². The number of carbonyl (C=O) groups excluding carboxylic acids is 1. The molecule has 100 valence electrons. The SMILES string of the molecule is CCNC1(C(=O)C(C)(C)C)CCC(C)(C)CC1. The first-order chi connectivity index (χ1) is 7.63. The molecule has 0 amide bonds. The first-order valence-corrected chi connectivity index (χ1v) is 6.93. The third-order valence-electron chi connectivity index (χ3n) is 4.09. The van der Waals surface area contributed by atoms with Crippen LogP contribution >= 0.6 is 0 Å². The first kappa shape index (κ1) is 14.7. The number of nitrogens with one attached hydrogen (secondary N) is 1. The first-order valence-electron chi connectivity index (χ1n) is 6.93. The van der Waals surface area contributed by atoms with Crippen molar-refractivity contribution in [3.05, 3.63) is 0 Å². The molecule has 0 aromatic heterocycles. The number of hydrogen-bond acceptors (Lipinski definition) is 2. The van der Waals surface area contributed by atoms with Gasteiger partial charge in [0, 0.05) is 5.41 Å². The van der Waals surface area contributed by atoms with Gasteiger partial charge in [-0.2, -0.15) is 0 Å². The third-order valence-corrected chi connectivity index (χ3v) is 4.09. The van der Waals surface area contributed by atoms with E-state index in [1.807, 2.05) is 20.8 Å². The van der Waals surface area contributed by atoms with Crippen LogP contribution in [0.25, 0.3) is 0 Å². The Hall–Kier alpha value is -0.370. The van der Waals surface area contributed by atoms with Gasteiger partial charge in [-0.3, -0.25) is 4.79 Å². The summed E-state index contributed by atoms with van der Waals surface area (Å²) in [7, 11) is 0. The van der Waals surface area contributed by atoms with Gasteiger partial charge in [0.2, 0.25) is 0 Å². The van der Waals surface area contributed by atoms with Gasteiger partial charge in [-0.15, -0.1) is 0 Å². The van der Waals surface area contributed by atoms with E-state index < -0.39 is 0 Å². The summed E-state index contributed by atoms with van der Waals surface area (Å²) in [6, 6.07) is 0. The molecule has 0 aliphatic heterocycles. The molecule has 1 saturated carbocycles. The third kappa shape index (κ3) is 3.31. The van der Waals surface area contributed by atoms with Gasteiger partial charge in [-0.25, -0.2) is 0 Å². The second kappa shape index (κ2) is 4.72. The fourth-order valence-electron chi connectivity index (χ4n) is 2.89. The smallest absolute Gasteiger partial charge is 0.158 e. The van der Waals surface area contributed by atoms with Gasteiger partial charge >= 0.3 is 0 Å². The van der Waals surface area contributed by atoms with E-state index in [4.69, 9.17) is 0 Å². The molecule has 0 bridgehead atoms. The lowest BCUT2D eigenvalue weighted by molar-refractivity contribution is -0.135. The average Bonchev–Trinajstić information content (AvgIpc) is 2.20. The Labute approximate surface area is 107 Å². The van der Waals surface area contributed by atoms with Crippen LogP contribution < -0.4 is 5.32 Å². The van der Waals surface area contributed by atoms with Crippen LogP contribution in [0.3, 0.4) is 0 Å². The quantitative estimate of drug-likeness (QED) is 0.816. The summed E-state index contributed by atoms with van der Waals surface area (Å²) in [5, 5.41) is 3.49. The maximum Gasteiger partial charge on any atom is 0.158 e. The summed E-state index contributed by atoms with van der Waals surface area (Å²) in [5.74, 6) is 0.391. The number of Topliss-reactive ketones (excluding diaryl/α,β-unsaturated/α-hetero) is 1. The largest absolute Gasteiger partial charge is 0.305 e. The summed E-state index contributed by atoms with van der Waals surface area (Å²) < 4.78 is 0. The summed E-state index contributed by atoms with van der Waals surface area (Å²) in [6.45, 7) is 13.7. The summed E-state index contributed by atoms with van der Waals surface area (Å²) in [4.78, 5) is 12.7. The van der Waals surface area contributed by atoms with Gasteiger partial charge < -0.3 is 5.32 Å². The Balaban J connectivity index is 2.89. The Morgan fingerprint density at radius 1 is 1.12 bits per heavy atom. The minimum atomic E-state index is -0.261.